The molecular weight excluding hydrogens is 166 g/mol. The van der Waals surface area contributed by atoms with Gasteiger partial charge in [0.25, 0.3) is 0 Å². The first-order valence-corrected chi connectivity index (χ1v) is 4.46. The number of hydrogen-bond acceptors (Lipinski definition) is 2. The van der Waals surface area contributed by atoms with Crippen molar-refractivity contribution < 1.29 is 4.79 Å². The Balaban J connectivity index is 2.21. The van der Waals surface area contributed by atoms with Crippen molar-refractivity contribution in [3.8, 4) is 0 Å². The van der Waals surface area contributed by atoms with E-state index in [1.54, 1.807) is 6.20 Å². The number of aromatic nitrogens is 1. The third-order valence-corrected chi connectivity index (χ3v) is 2.53. The number of carbonyl (C=O) groups is 1. The van der Waals surface area contributed by atoms with Crippen LogP contribution in [0.1, 0.15) is 30.7 Å². The lowest BCUT2D eigenvalue weighted by Gasteiger charge is -2.06. The number of nitrogens with one attached hydrogen (secondary N) is 1. The average Bonchev–Trinajstić information content (AvgIpc) is 2.53. The van der Waals surface area contributed by atoms with Crippen molar-refractivity contribution in [1.29, 1.82) is 0 Å². The summed E-state index contributed by atoms with van der Waals surface area (Å²) in [4.78, 5) is 24.4. The molecule has 0 amide bonds. The largest absolute Gasteiger partial charge is 0.329 e. The van der Waals surface area contributed by atoms with Gasteiger partial charge in [-0.05, 0) is 17.9 Å². The van der Waals surface area contributed by atoms with E-state index in [0.717, 1.165) is 12.0 Å². The molecule has 0 spiro atoms. The van der Waals surface area contributed by atoms with Crippen molar-refractivity contribution in [2.45, 2.75) is 25.2 Å². The predicted molar refractivity (Wildman–Crippen MR) is 48.7 cm³/mol. The minimum Gasteiger partial charge on any atom is -0.329 e. The van der Waals surface area contributed by atoms with E-state index in [1.165, 1.54) is 6.07 Å². The Morgan fingerprint density at radius 2 is 2.15 bits per heavy atom. The standard InChI is InChI=1S/C10H11NO2/c12-9-3-1-7(5-9)8-2-4-10(13)11-6-8/h2,4,6-7H,1,3,5H2,(H,11,13). The lowest BCUT2D eigenvalue weighted by molar-refractivity contribution is -0.117. The van der Waals surface area contributed by atoms with Crippen molar-refractivity contribution in [2.24, 2.45) is 0 Å². The fourth-order valence-corrected chi connectivity index (χ4v) is 1.78. The molecule has 1 aliphatic rings. The first-order valence-electron chi connectivity index (χ1n) is 4.46. The van der Waals surface area contributed by atoms with Crippen LogP contribution in [0.5, 0.6) is 0 Å². The lowest BCUT2D eigenvalue weighted by atomic mass is 10.00. The van der Waals surface area contributed by atoms with Crippen LogP contribution in [0.25, 0.3) is 0 Å². The Hall–Kier alpha value is -1.38. The van der Waals surface area contributed by atoms with E-state index >= 15 is 0 Å². The van der Waals surface area contributed by atoms with Crippen molar-refractivity contribution in [3.63, 3.8) is 0 Å². The molecule has 1 N–H and O–H groups in total. The van der Waals surface area contributed by atoms with Gasteiger partial charge in [0, 0.05) is 25.1 Å². The van der Waals surface area contributed by atoms with Gasteiger partial charge < -0.3 is 4.98 Å². The monoisotopic (exact) mass is 177 g/mol. The molecule has 1 atom stereocenters. The molecule has 0 aromatic carbocycles. The highest BCUT2D eigenvalue weighted by atomic mass is 16.1. The van der Waals surface area contributed by atoms with Crippen LogP contribution in [-0.2, 0) is 4.79 Å². The molecule has 1 saturated carbocycles. The van der Waals surface area contributed by atoms with Gasteiger partial charge in [-0.25, -0.2) is 0 Å². The zero-order valence-electron chi connectivity index (χ0n) is 7.25. The van der Waals surface area contributed by atoms with Crippen molar-refractivity contribution in [3.05, 3.63) is 34.2 Å². The molecule has 1 aromatic heterocycles. The first kappa shape index (κ1) is 8.23. The minimum atomic E-state index is -0.0897. The fourth-order valence-electron chi connectivity index (χ4n) is 1.78. The van der Waals surface area contributed by atoms with Gasteiger partial charge in [0.1, 0.15) is 5.78 Å². The average molecular weight is 177 g/mol. The Labute approximate surface area is 75.8 Å². The van der Waals surface area contributed by atoms with E-state index in [-0.39, 0.29) is 5.56 Å². The van der Waals surface area contributed by atoms with Crippen molar-refractivity contribution >= 4 is 5.78 Å². The second kappa shape index (κ2) is 3.17. The third kappa shape index (κ3) is 1.69. The highest BCUT2D eigenvalue weighted by Gasteiger charge is 2.23. The first-order chi connectivity index (χ1) is 6.25. The van der Waals surface area contributed by atoms with Crippen LogP contribution in [0, 0.1) is 0 Å². The highest BCUT2D eigenvalue weighted by molar-refractivity contribution is 5.81. The van der Waals surface area contributed by atoms with E-state index < -0.39 is 0 Å². The van der Waals surface area contributed by atoms with Gasteiger partial charge in [-0.3, -0.25) is 9.59 Å². The molecule has 2 rings (SSSR count). The maximum absolute atomic E-state index is 11.0. The van der Waals surface area contributed by atoms with Crippen molar-refractivity contribution in [1.82, 2.24) is 4.98 Å². The predicted octanol–water partition coefficient (Wildman–Crippen LogP) is 1.21. The van der Waals surface area contributed by atoms with Crippen LogP contribution in [0.3, 0.4) is 0 Å². The number of Topliss-reactive ketones (excluding diaryl/α,β-unsaturated/α-hetero) is 1. The van der Waals surface area contributed by atoms with E-state index in [0.29, 0.717) is 24.5 Å². The molecule has 1 aromatic rings. The van der Waals surface area contributed by atoms with Gasteiger partial charge in [-0.1, -0.05) is 6.07 Å². The summed E-state index contributed by atoms with van der Waals surface area (Å²) in [6.07, 6.45) is 3.95. The van der Waals surface area contributed by atoms with Crippen LogP contribution < -0.4 is 5.56 Å². The zero-order chi connectivity index (χ0) is 9.26. The second-order valence-corrected chi connectivity index (χ2v) is 3.46. The van der Waals surface area contributed by atoms with Gasteiger partial charge >= 0.3 is 0 Å². The molecular formula is C10H11NO2. The maximum atomic E-state index is 11.0. The summed E-state index contributed by atoms with van der Waals surface area (Å²) < 4.78 is 0. The number of pyridine rings is 1. The molecule has 0 radical (unpaired) electrons. The number of carbonyl (C=O) groups excluding carboxylic acids is 1. The van der Waals surface area contributed by atoms with Gasteiger partial charge in [0.15, 0.2) is 0 Å². The van der Waals surface area contributed by atoms with E-state index in [4.69, 9.17) is 0 Å². The lowest BCUT2D eigenvalue weighted by Crippen LogP contribution is -2.04. The number of rotatable bonds is 1. The Bertz CT molecular complexity index is 360. The zero-order valence-corrected chi connectivity index (χ0v) is 7.25. The van der Waals surface area contributed by atoms with E-state index in [9.17, 15) is 9.59 Å². The summed E-state index contributed by atoms with van der Waals surface area (Å²) in [5.41, 5.74) is 0.985. The topological polar surface area (TPSA) is 49.9 Å². The van der Waals surface area contributed by atoms with E-state index in [1.807, 2.05) is 6.07 Å². The van der Waals surface area contributed by atoms with E-state index in [2.05, 4.69) is 4.98 Å². The summed E-state index contributed by atoms with van der Waals surface area (Å²) >= 11 is 0. The molecule has 68 valence electrons. The molecule has 3 heteroatoms. The maximum Gasteiger partial charge on any atom is 0.247 e. The molecule has 1 aliphatic carbocycles. The second-order valence-electron chi connectivity index (χ2n) is 3.46. The molecule has 1 heterocycles. The van der Waals surface area contributed by atoms with Gasteiger partial charge in [0.2, 0.25) is 5.56 Å². The van der Waals surface area contributed by atoms with Gasteiger partial charge in [-0.15, -0.1) is 0 Å². The van der Waals surface area contributed by atoms with Crippen molar-refractivity contribution in [2.75, 3.05) is 0 Å². The molecule has 0 saturated heterocycles. The minimum absolute atomic E-state index is 0.0897. The summed E-state index contributed by atoms with van der Waals surface area (Å²) in [7, 11) is 0. The fraction of sp³-hybridized carbons (Fsp3) is 0.400. The molecule has 1 unspecified atom stereocenters. The summed E-state index contributed by atoms with van der Waals surface area (Å²) in [6.45, 7) is 0. The number of hydrogen-bond donors (Lipinski definition) is 1. The number of ketones is 1. The van der Waals surface area contributed by atoms with Gasteiger partial charge in [0.05, 0.1) is 0 Å². The highest BCUT2D eigenvalue weighted by Crippen LogP contribution is 2.30. The number of aromatic amines is 1. The number of H-pyrrole nitrogens is 1. The smallest absolute Gasteiger partial charge is 0.247 e. The van der Waals surface area contributed by atoms with Gasteiger partial charge in [-0.2, -0.15) is 0 Å². The molecule has 3 nitrogen and oxygen atoms in total. The Morgan fingerprint density at radius 3 is 2.69 bits per heavy atom. The molecule has 0 bridgehead atoms. The van der Waals surface area contributed by atoms with Crippen LogP contribution in [0.15, 0.2) is 23.1 Å². The Kier molecular flexibility index (Phi) is 2.00. The molecule has 0 aliphatic heterocycles. The quantitative estimate of drug-likeness (QED) is 0.701. The normalized spacial score (nSPS) is 22.2. The summed E-state index contributed by atoms with van der Waals surface area (Å²) in [5, 5.41) is 0. The van der Waals surface area contributed by atoms with Crippen LogP contribution >= 0.6 is 0 Å². The third-order valence-electron chi connectivity index (χ3n) is 2.53. The molecule has 1 fully saturated rings. The van der Waals surface area contributed by atoms with Crippen LogP contribution in [0.4, 0.5) is 0 Å². The summed E-state index contributed by atoms with van der Waals surface area (Å²) in [5.74, 6) is 0.653. The van der Waals surface area contributed by atoms with Crippen LogP contribution in [0.2, 0.25) is 0 Å². The van der Waals surface area contributed by atoms with Crippen LogP contribution in [-0.4, -0.2) is 10.8 Å². The SMILES string of the molecule is O=C1CCC(c2ccc(=O)[nH]c2)C1. The molecule has 13 heavy (non-hydrogen) atoms. The summed E-state index contributed by atoms with van der Waals surface area (Å²) in [6, 6.07) is 3.32. The Morgan fingerprint density at radius 1 is 1.31 bits per heavy atom.